The van der Waals surface area contributed by atoms with Gasteiger partial charge in [-0.15, -0.1) is 22.0 Å². The van der Waals surface area contributed by atoms with Crippen molar-refractivity contribution in [2.75, 3.05) is 5.32 Å². The van der Waals surface area contributed by atoms with Gasteiger partial charge in [-0.05, 0) is 32.9 Å². The van der Waals surface area contributed by atoms with Crippen molar-refractivity contribution in [1.82, 2.24) is 10.2 Å². The number of nitrogens with one attached hydrogen (secondary N) is 1. The van der Waals surface area contributed by atoms with Gasteiger partial charge < -0.3 is 0 Å². The SMILES string of the molecule is Cc1ccc(S[C@H](C)C(=O)Nc2nnc(-c3ccc(C)cc3)s2)cc1. The van der Waals surface area contributed by atoms with E-state index in [-0.39, 0.29) is 11.2 Å². The van der Waals surface area contributed by atoms with Crippen molar-refractivity contribution in [3.05, 3.63) is 59.7 Å². The van der Waals surface area contributed by atoms with Crippen LogP contribution in [-0.2, 0) is 4.79 Å². The first-order valence-corrected chi connectivity index (χ1v) is 9.65. The fourth-order valence-electron chi connectivity index (χ4n) is 2.17. The zero-order valence-electron chi connectivity index (χ0n) is 14.3. The fourth-order valence-corrected chi connectivity index (χ4v) is 3.79. The number of rotatable bonds is 5. The monoisotopic (exact) mass is 369 g/mol. The van der Waals surface area contributed by atoms with Gasteiger partial charge in [-0.25, -0.2) is 0 Å². The van der Waals surface area contributed by atoms with Crippen LogP contribution < -0.4 is 5.32 Å². The van der Waals surface area contributed by atoms with Gasteiger partial charge in [0.25, 0.3) is 0 Å². The first-order chi connectivity index (χ1) is 12.0. The van der Waals surface area contributed by atoms with E-state index < -0.39 is 0 Å². The second kappa shape index (κ2) is 7.80. The van der Waals surface area contributed by atoms with Crippen LogP contribution in [0.25, 0.3) is 10.6 Å². The molecule has 1 amide bonds. The van der Waals surface area contributed by atoms with E-state index in [9.17, 15) is 4.79 Å². The van der Waals surface area contributed by atoms with Gasteiger partial charge in [0.2, 0.25) is 11.0 Å². The minimum absolute atomic E-state index is 0.0721. The Bertz CT molecular complexity index is 857. The average Bonchev–Trinajstić information content (AvgIpc) is 3.06. The molecule has 0 bridgehead atoms. The molecule has 1 aromatic heterocycles. The van der Waals surface area contributed by atoms with E-state index in [4.69, 9.17) is 0 Å². The van der Waals surface area contributed by atoms with E-state index >= 15 is 0 Å². The maximum atomic E-state index is 12.4. The highest BCUT2D eigenvalue weighted by Gasteiger charge is 2.17. The van der Waals surface area contributed by atoms with Gasteiger partial charge in [-0.1, -0.05) is 58.9 Å². The normalized spacial score (nSPS) is 12.0. The van der Waals surface area contributed by atoms with Crippen molar-refractivity contribution in [3.63, 3.8) is 0 Å². The fraction of sp³-hybridized carbons (Fsp3) is 0.211. The van der Waals surface area contributed by atoms with Gasteiger partial charge >= 0.3 is 0 Å². The molecule has 0 saturated heterocycles. The van der Waals surface area contributed by atoms with Gasteiger partial charge in [-0.3, -0.25) is 10.1 Å². The lowest BCUT2D eigenvalue weighted by Gasteiger charge is -2.10. The number of aryl methyl sites for hydroxylation is 2. The second-order valence-electron chi connectivity index (χ2n) is 5.84. The molecule has 0 unspecified atom stereocenters. The Hall–Kier alpha value is -2.18. The topological polar surface area (TPSA) is 54.9 Å². The van der Waals surface area contributed by atoms with Crippen LogP contribution in [-0.4, -0.2) is 21.4 Å². The number of thioether (sulfide) groups is 1. The molecule has 0 radical (unpaired) electrons. The summed E-state index contributed by atoms with van der Waals surface area (Å²) in [6.07, 6.45) is 0. The molecule has 3 aromatic rings. The summed E-state index contributed by atoms with van der Waals surface area (Å²) in [6.45, 7) is 5.98. The van der Waals surface area contributed by atoms with E-state index in [1.54, 1.807) is 0 Å². The van der Waals surface area contributed by atoms with Gasteiger partial charge in [0.15, 0.2) is 0 Å². The van der Waals surface area contributed by atoms with Crippen LogP contribution in [0.2, 0.25) is 0 Å². The minimum Gasteiger partial charge on any atom is -0.300 e. The molecule has 3 rings (SSSR count). The first kappa shape index (κ1) is 17.6. The number of nitrogens with zero attached hydrogens (tertiary/aromatic N) is 2. The van der Waals surface area contributed by atoms with Crippen molar-refractivity contribution in [2.24, 2.45) is 0 Å². The van der Waals surface area contributed by atoms with Gasteiger partial charge in [0.05, 0.1) is 5.25 Å². The van der Waals surface area contributed by atoms with Gasteiger partial charge in [0.1, 0.15) is 5.01 Å². The Morgan fingerprint density at radius 2 is 1.60 bits per heavy atom. The molecule has 0 saturated carbocycles. The molecule has 2 aromatic carbocycles. The van der Waals surface area contributed by atoms with Crippen LogP contribution in [0, 0.1) is 13.8 Å². The predicted molar refractivity (Wildman–Crippen MR) is 105 cm³/mol. The Kier molecular flexibility index (Phi) is 5.50. The lowest BCUT2D eigenvalue weighted by molar-refractivity contribution is -0.115. The molecule has 0 spiro atoms. The highest BCUT2D eigenvalue weighted by atomic mass is 32.2. The summed E-state index contributed by atoms with van der Waals surface area (Å²) >= 11 is 2.91. The molecule has 128 valence electrons. The average molecular weight is 370 g/mol. The molecule has 1 heterocycles. The number of carbonyl (C=O) groups is 1. The summed E-state index contributed by atoms with van der Waals surface area (Å²) in [5.41, 5.74) is 3.41. The van der Waals surface area contributed by atoms with E-state index in [1.165, 1.54) is 34.2 Å². The van der Waals surface area contributed by atoms with Crippen LogP contribution in [0.3, 0.4) is 0 Å². The molecular formula is C19H19N3OS2. The van der Waals surface area contributed by atoms with Crippen molar-refractivity contribution < 1.29 is 4.79 Å². The number of hydrogen-bond acceptors (Lipinski definition) is 5. The molecule has 0 aliphatic carbocycles. The van der Waals surface area contributed by atoms with Crippen molar-refractivity contribution in [1.29, 1.82) is 0 Å². The standard InChI is InChI=1S/C19H19N3OS2/c1-12-4-8-15(9-5-12)18-21-22-19(25-18)20-17(23)14(3)24-16-10-6-13(2)7-11-16/h4-11,14H,1-3H3,(H,20,22,23)/t14-/m1/s1. The maximum Gasteiger partial charge on any atom is 0.239 e. The molecule has 1 atom stereocenters. The highest BCUT2D eigenvalue weighted by Crippen LogP contribution is 2.28. The number of anilines is 1. The summed E-state index contributed by atoms with van der Waals surface area (Å²) < 4.78 is 0. The second-order valence-corrected chi connectivity index (χ2v) is 8.23. The van der Waals surface area contributed by atoms with Crippen LogP contribution in [0.1, 0.15) is 18.1 Å². The van der Waals surface area contributed by atoms with Crippen LogP contribution in [0.4, 0.5) is 5.13 Å². The zero-order chi connectivity index (χ0) is 17.8. The summed E-state index contributed by atoms with van der Waals surface area (Å²) in [7, 11) is 0. The summed E-state index contributed by atoms with van der Waals surface area (Å²) in [5.74, 6) is -0.0721. The Morgan fingerprint density at radius 1 is 1.00 bits per heavy atom. The van der Waals surface area contributed by atoms with E-state index in [0.29, 0.717) is 5.13 Å². The van der Waals surface area contributed by atoms with Crippen molar-refractivity contribution in [3.8, 4) is 10.6 Å². The maximum absolute atomic E-state index is 12.4. The molecule has 0 aliphatic rings. The summed E-state index contributed by atoms with van der Waals surface area (Å²) in [5, 5.41) is 12.2. The molecule has 25 heavy (non-hydrogen) atoms. The van der Waals surface area contributed by atoms with Crippen molar-refractivity contribution in [2.45, 2.75) is 30.9 Å². The molecule has 0 fully saturated rings. The highest BCUT2D eigenvalue weighted by molar-refractivity contribution is 8.00. The van der Waals surface area contributed by atoms with E-state index in [2.05, 4.69) is 15.5 Å². The molecule has 0 aliphatic heterocycles. The smallest absolute Gasteiger partial charge is 0.239 e. The lowest BCUT2D eigenvalue weighted by Crippen LogP contribution is -2.22. The number of benzene rings is 2. The van der Waals surface area contributed by atoms with Crippen molar-refractivity contribution >= 4 is 34.1 Å². The Labute approximate surface area is 155 Å². The van der Waals surface area contributed by atoms with Gasteiger partial charge in [-0.2, -0.15) is 0 Å². The quantitative estimate of drug-likeness (QED) is 0.647. The summed E-state index contributed by atoms with van der Waals surface area (Å²) in [4.78, 5) is 13.5. The molecular weight excluding hydrogens is 350 g/mol. The first-order valence-electron chi connectivity index (χ1n) is 7.96. The predicted octanol–water partition coefficient (Wildman–Crippen LogP) is 4.94. The minimum atomic E-state index is -0.213. The third-order valence-electron chi connectivity index (χ3n) is 3.66. The molecule has 1 N–H and O–H groups in total. The third kappa shape index (κ3) is 4.67. The largest absolute Gasteiger partial charge is 0.300 e. The van der Waals surface area contributed by atoms with Crippen LogP contribution >= 0.6 is 23.1 Å². The lowest BCUT2D eigenvalue weighted by atomic mass is 10.2. The Balaban J connectivity index is 1.62. The summed E-state index contributed by atoms with van der Waals surface area (Å²) in [6, 6.07) is 16.3. The van der Waals surface area contributed by atoms with Gasteiger partial charge in [0, 0.05) is 10.5 Å². The number of carbonyl (C=O) groups excluding carboxylic acids is 1. The zero-order valence-corrected chi connectivity index (χ0v) is 15.9. The van der Waals surface area contributed by atoms with Crippen LogP contribution in [0.15, 0.2) is 53.4 Å². The number of amides is 1. The third-order valence-corrected chi connectivity index (χ3v) is 5.66. The van der Waals surface area contributed by atoms with E-state index in [0.717, 1.165) is 15.5 Å². The number of hydrogen-bond donors (Lipinski definition) is 1. The van der Waals surface area contributed by atoms with E-state index in [1.807, 2.05) is 69.3 Å². The molecule has 4 nitrogen and oxygen atoms in total. The number of aromatic nitrogens is 2. The van der Waals surface area contributed by atoms with Crippen LogP contribution in [0.5, 0.6) is 0 Å². The molecule has 6 heteroatoms. The Morgan fingerprint density at radius 3 is 2.24 bits per heavy atom.